The Morgan fingerprint density at radius 1 is 1.30 bits per heavy atom. The highest BCUT2D eigenvalue weighted by Crippen LogP contribution is 2.29. The highest BCUT2D eigenvalue weighted by molar-refractivity contribution is 7.91. The average Bonchev–Trinajstić information content (AvgIpc) is 3.08. The van der Waals surface area contributed by atoms with Crippen LogP contribution < -0.4 is 4.90 Å². The summed E-state index contributed by atoms with van der Waals surface area (Å²) in [6, 6.07) is 5.08. The number of hydrogen-bond donors (Lipinski definition) is 0. The standard InChI is InChI=1S/C16H20N2O4S/c1-11(19)18-7-5-12-9-13(3-4-15(12)18)16(20)17(2)14-6-8-23(21,22)10-14/h3-4,9,14H,5-8,10H2,1-2H3/t14-/m1/s1. The van der Waals surface area contributed by atoms with E-state index in [0.29, 0.717) is 18.5 Å². The molecule has 0 aromatic heterocycles. The van der Waals surface area contributed by atoms with E-state index < -0.39 is 9.84 Å². The molecule has 124 valence electrons. The normalized spacial score (nSPS) is 22.0. The first-order valence-corrected chi connectivity index (χ1v) is 9.49. The van der Waals surface area contributed by atoms with Gasteiger partial charge in [-0.15, -0.1) is 0 Å². The topological polar surface area (TPSA) is 74.8 Å². The van der Waals surface area contributed by atoms with Crippen molar-refractivity contribution in [3.63, 3.8) is 0 Å². The molecule has 0 unspecified atom stereocenters. The van der Waals surface area contributed by atoms with Crippen LogP contribution in [0.5, 0.6) is 0 Å². The molecule has 23 heavy (non-hydrogen) atoms. The molecule has 1 atom stereocenters. The summed E-state index contributed by atoms with van der Waals surface area (Å²) in [5, 5.41) is 0. The number of benzene rings is 1. The Labute approximate surface area is 136 Å². The Morgan fingerprint density at radius 3 is 2.65 bits per heavy atom. The van der Waals surface area contributed by atoms with E-state index in [1.807, 2.05) is 6.07 Å². The third-order valence-corrected chi connectivity index (χ3v) is 6.43. The Hall–Kier alpha value is -1.89. The van der Waals surface area contributed by atoms with E-state index in [1.54, 1.807) is 24.1 Å². The van der Waals surface area contributed by atoms with Crippen LogP contribution in [0.1, 0.15) is 29.3 Å². The molecule has 0 aliphatic carbocycles. The first-order valence-electron chi connectivity index (χ1n) is 7.67. The second-order valence-electron chi connectivity index (χ2n) is 6.24. The van der Waals surface area contributed by atoms with E-state index in [2.05, 4.69) is 0 Å². The van der Waals surface area contributed by atoms with E-state index in [4.69, 9.17) is 0 Å². The Morgan fingerprint density at radius 2 is 2.04 bits per heavy atom. The molecule has 3 rings (SSSR count). The summed E-state index contributed by atoms with van der Waals surface area (Å²) in [7, 11) is -1.36. The SMILES string of the molecule is CC(=O)N1CCc2cc(C(=O)N(C)[C@@H]3CCS(=O)(=O)C3)ccc21. The van der Waals surface area contributed by atoms with Crippen molar-refractivity contribution in [1.82, 2.24) is 4.90 Å². The summed E-state index contributed by atoms with van der Waals surface area (Å²) in [6.45, 7) is 2.17. The summed E-state index contributed by atoms with van der Waals surface area (Å²) in [5.74, 6) is 0.0120. The maximum atomic E-state index is 12.6. The molecule has 0 radical (unpaired) electrons. The monoisotopic (exact) mass is 336 g/mol. The van der Waals surface area contributed by atoms with Gasteiger partial charge < -0.3 is 9.80 Å². The van der Waals surface area contributed by atoms with E-state index >= 15 is 0 Å². The molecule has 0 bridgehead atoms. The largest absolute Gasteiger partial charge is 0.338 e. The second kappa shape index (κ2) is 5.63. The highest BCUT2D eigenvalue weighted by atomic mass is 32.2. The van der Waals surface area contributed by atoms with Gasteiger partial charge in [0.1, 0.15) is 0 Å². The third kappa shape index (κ3) is 2.97. The zero-order valence-corrected chi connectivity index (χ0v) is 14.1. The number of sulfone groups is 1. The molecule has 7 heteroatoms. The number of nitrogens with zero attached hydrogens (tertiary/aromatic N) is 2. The number of rotatable bonds is 2. The van der Waals surface area contributed by atoms with Crippen molar-refractivity contribution in [3.05, 3.63) is 29.3 Å². The zero-order valence-electron chi connectivity index (χ0n) is 13.3. The zero-order chi connectivity index (χ0) is 16.8. The van der Waals surface area contributed by atoms with Gasteiger partial charge in [-0.3, -0.25) is 9.59 Å². The minimum Gasteiger partial charge on any atom is -0.338 e. The number of hydrogen-bond acceptors (Lipinski definition) is 4. The molecule has 2 heterocycles. The fraction of sp³-hybridized carbons (Fsp3) is 0.500. The maximum Gasteiger partial charge on any atom is 0.253 e. The molecule has 0 spiro atoms. The fourth-order valence-electron chi connectivity index (χ4n) is 3.31. The summed E-state index contributed by atoms with van der Waals surface area (Å²) in [5.41, 5.74) is 2.39. The molecule has 2 aliphatic rings. The molecular formula is C16H20N2O4S. The Kier molecular flexibility index (Phi) is 3.91. The van der Waals surface area contributed by atoms with E-state index in [0.717, 1.165) is 17.7 Å². The van der Waals surface area contributed by atoms with Crippen LogP contribution in [0, 0.1) is 0 Å². The van der Waals surface area contributed by atoms with Crippen LogP contribution in [0.25, 0.3) is 0 Å². The Bertz CT molecular complexity index is 772. The van der Waals surface area contributed by atoms with Gasteiger partial charge >= 0.3 is 0 Å². The minimum absolute atomic E-state index is 0.00360. The van der Waals surface area contributed by atoms with Gasteiger partial charge in [0, 0.05) is 37.8 Å². The van der Waals surface area contributed by atoms with Gasteiger partial charge in [0.15, 0.2) is 9.84 Å². The predicted octanol–water partition coefficient (Wildman–Crippen LogP) is 0.855. The lowest BCUT2D eigenvalue weighted by atomic mass is 10.1. The van der Waals surface area contributed by atoms with Gasteiger partial charge in [0.2, 0.25) is 5.91 Å². The number of amides is 2. The number of carbonyl (C=O) groups excluding carboxylic acids is 2. The summed E-state index contributed by atoms with van der Waals surface area (Å²) in [6.07, 6.45) is 1.23. The molecule has 1 fully saturated rings. The van der Waals surface area contributed by atoms with Crippen molar-refractivity contribution in [2.24, 2.45) is 0 Å². The van der Waals surface area contributed by atoms with Gasteiger partial charge in [-0.05, 0) is 36.6 Å². The Balaban J connectivity index is 1.80. The maximum absolute atomic E-state index is 12.6. The first kappa shape index (κ1) is 16.0. The molecule has 2 amide bonds. The number of carbonyl (C=O) groups is 2. The van der Waals surface area contributed by atoms with Crippen LogP contribution in [0.3, 0.4) is 0 Å². The van der Waals surface area contributed by atoms with Crippen LogP contribution in [-0.2, 0) is 21.1 Å². The molecule has 1 aromatic rings. The van der Waals surface area contributed by atoms with Crippen LogP contribution in [0.15, 0.2) is 18.2 Å². The minimum atomic E-state index is -3.02. The van der Waals surface area contributed by atoms with Crippen molar-refractivity contribution in [2.75, 3.05) is 30.0 Å². The van der Waals surface area contributed by atoms with E-state index in [-0.39, 0.29) is 29.4 Å². The lowest BCUT2D eigenvalue weighted by Crippen LogP contribution is -2.37. The van der Waals surface area contributed by atoms with Gasteiger partial charge in [-0.25, -0.2) is 8.42 Å². The quantitative estimate of drug-likeness (QED) is 0.803. The van der Waals surface area contributed by atoms with Crippen LogP contribution in [0.4, 0.5) is 5.69 Å². The predicted molar refractivity (Wildman–Crippen MR) is 87.3 cm³/mol. The van der Waals surface area contributed by atoms with Crippen LogP contribution >= 0.6 is 0 Å². The van der Waals surface area contributed by atoms with Crippen molar-refractivity contribution in [1.29, 1.82) is 0 Å². The molecule has 6 nitrogen and oxygen atoms in total. The number of anilines is 1. The van der Waals surface area contributed by atoms with Gasteiger partial charge in [-0.2, -0.15) is 0 Å². The molecule has 0 N–H and O–H groups in total. The molecule has 0 saturated carbocycles. The molecule has 2 aliphatic heterocycles. The van der Waals surface area contributed by atoms with Crippen LogP contribution in [-0.4, -0.2) is 56.3 Å². The fourth-order valence-corrected chi connectivity index (χ4v) is 5.09. The van der Waals surface area contributed by atoms with Gasteiger partial charge in [-0.1, -0.05) is 0 Å². The summed E-state index contributed by atoms with van der Waals surface area (Å²) < 4.78 is 23.2. The van der Waals surface area contributed by atoms with Gasteiger partial charge in [0.25, 0.3) is 5.91 Å². The van der Waals surface area contributed by atoms with E-state index in [9.17, 15) is 18.0 Å². The third-order valence-electron chi connectivity index (χ3n) is 4.68. The summed E-state index contributed by atoms with van der Waals surface area (Å²) in [4.78, 5) is 27.4. The van der Waals surface area contributed by atoms with Crippen molar-refractivity contribution in [2.45, 2.75) is 25.8 Å². The van der Waals surface area contributed by atoms with E-state index in [1.165, 1.54) is 11.8 Å². The number of fused-ring (bicyclic) bond motifs is 1. The van der Waals surface area contributed by atoms with Crippen LogP contribution in [0.2, 0.25) is 0 Å². The van der Waals surface area contributed by atoms with Crippen molar-refractivity contribution >= 4 is 27.3 Å². The lowest BCUT2D eigenvalue weighted by Gasteiger charge is -2.24. The molecular weight excluding hydrogens is 316 g/mol. The molecule has 1 aromatic carbocycles. The van der Waals surface area contributed by atoms with Crippen molar-refractivity contribution < 1.29 is 18.0 Å². The second-order valence-corrected chi connectivity index (χ2v) is 8.47. The highest BCUT2D eigenvalue weighted by Gasteiger charge is 2.33. The first-order chi connectivity index (χ1) is 10.8. The van der Waals surface area contributed by atoms with Gasteiger partial charge in [0.05, 0.1) is 11.5 Å². The molecule has 1 saturated heterocycles. The average molecular weight is 336 g/mol. The van der Waals surface area contributed by atoms with Crippen molar-refractivity contribution in [3.8, 4) is 0 Å². The smallest absolute Gasteiger partial charge is 0.253 e. The summed E-state index contributed by atoms with van der Waals surface area (Å²) >= 11 is 0. The lowest BCUT2D eigenvalue weighted by molar-refractivity contribution is -0.116.